The number of pyridine rings is 1. The summed E-state index contributed by atoms with van der Waals surface area (Å²) in [5.74, 6) is 0. The van der Waals surface area contributed by atoms with E-state index in [1.807, 2.05) is 63.4 Å². The number of H-pyrrole nitrogens is 1. The lowest BCUT2D eigenvalue weighted by Gasteiger charge is -2.24. The number of rotatable bonds is 6. The Bertz CT molecular complexity index is 979. The number of carbonyl (C=O) groups is 1. The Morgan fingerprint density at radius 2 is 1.97 bits per heavy atom. The molecule has 0 radical (unpaired) electrons. The monoisotopic (exact) mass is 410 g/mol. The minimum absolute atomic E-state index is 0.414. The number of carbonyl (C=O) groups excluding carboxylic acids is 1. The molecule has 0 spiro atoms. The van der Waals surface area contributed by atoms with Gasteiger partial charge in [0.05, 0.1) is 23.3 Å². The van der Waals surface area contributed by atoms with Gasteiger partial charge in [0.25, 0.3) is 0 Å². The van der Waals surface area contributed by atoms with Gasteiger partial charge in [-0.2, -0.15) is 0 Å². The predicted molar refractivity (Wildman–Crippen MR) is 119 cm³/mol. The third kappa shape index (κ3) is 6.02. The Kier molecular flexibility index (Phi) is 6.49. The fourth-order valence-corrected chi connectivity index (χ4v) is 3.20. The smallest absolute Gasteiger partial charge is 0.408 e. The number of para-hydroxylation sites is 1. The van der Waals surface area contributed by atoms with E-state index >= 15 is 0 Å². The summed E-state index contributed by atoms with van der Waals surface area (Å²) in [6, 6.07) is 13.4. The lowest BCUT2D eigenvalue weighted by Crippen LogP contribution is -2.48. The lowest BCUT2D eigenvalue weighted by molar-refractivity contribution is 0.0518. The molecule has 0 bridgehead atoms. The van der Waals surface area contributed by atoms with E-state index in [-0.39, 0.29) is 0 Å². The molecule has 7 heteroatoms. The molecule has 0 unspecified atom stereocenters. The van der Waals surface area contributed by atoms with Crippen molar-refractivity contribution in [1.82, 2.24) is 20.6 Å². The zero-order valence-corrected chi connectivity index (χ0v) is 17.7. The molecule has 3 aromatic rings. The summed E-state index contributed by atoms with van der Waals surface area (Å²) in [6.45, 7) is 5.98. The van der Waals surface area contributed by atoms with Crippen LogP contribution in [0.5, 0.6) is 0 Å². The second-order valence-corrected chi connectivity index (χ2v) is 8.24. The van der Waals surface area contributed by atoms with Crippen molar-refractivity contribution in [3.8, 4) is 0 Å². The number of ether oxygens (including phenoxy) is 1. The first kappa shape index (κ1) is 20.8. The first-order chi connectivity index (χ1) is 13.8. The number of benzene rings is 1. The number of nitrogens with zero attached hydrogens (tertiary/aromatic N) is 1. The van der Waals surface area contributed by atoms with E-state index in [2.05, 4.69) is 26.7 Å². The number of aromatic amines is 1. The largest absolute Gasteiger partial charge is 0.444 e. The molecule has 3 rings (SSSR count). The fraction of sp³-hybridized carbons (Fsp3) is 0.318. The number of amides is 1. The standard InChI is InChI=1S/C22H26N4O2S/c1-22(2,3)28-21(27)26-19(20(29)25-14-16-8-6-7-11-23-16)12-15-13-24-18-10-5-4-9-17(15)18/h4-11,13,19,24H,12,14H2,1-3H3,(H,25,29)(H,26,27)/t19-/m1/s1. The topological polar surface area (TPSA) is 79.0 Å². The summed E-state index contributed by atoms with van der Waals surface area (Å²) >= 11 is 5.61. The number of nitrogens with one attached hydrogen (secondary N) is 3. The van der Waals surface area contributed by atoms with Crippen LogP contribution in [0.4, 0.5) is 4.79 Å². The third-order valence-corrected chi connectivity index (χ3v) is 4.71. The van der Waals surface area contributed by atoms with Gasteiger partial charge in [-0.15, -0.1) is 0 Å². The van der Waals surface area contributed by atoms with Crippen molar-refractivity contribution in [2.45, 2.75) is 45.4 Å². The lowest BCUT2D eigenvalue weighted by atomic mass is 10.0. The SMILES string of the molecule is CC(C)(C)OC(=O)N[C@H](Cc1c[nH]c2ccccc12)C(=S)NCc1ccccn1. The minimum Gasteiger partial charge on any atom is -0.444 e. The quantitative estimate of drug-likeness (QED) is 0.533. The van der Waals surface area contributed by atoms with Gasteiger partial charge in [-0.1, -0.05) is 36.5 Å². The van der Waals surface area contributed by atoms with E-state index in [1.54, 1.807) is 6.20 Å². The first-order valence-corrected chi connectivity index (χ1v) is 9.95. The molecule has 2 aromatic heterocycles. The van der Waals surface area contributed by atoms with Gasteiger partial charge in [0.2, 0.25) is 0 Å². The maximum Gasteiger partial charge on any atom is 0.408 e. The van der Waals surface area contributed by atoms with Crippen molar-refractivity contribution < 1.29 is 9.53 Å². The van der Waals surface area contributed by atoms with Gasteiger partial charge in [0, 0.05) is 29.7 Å². The normalized spacial score (nSPS) is 12.4. The number of hydrogen-bond donors (Lipinski definition) is 3. The molecule has 0 saturated heterocycles. The third-order valence-electron chi connectivity index (χ3n) is 4.28. The average molecular weight is 411 g/mol. The molecule has 1 atom stereocenters. The first-order valence-electron chi connectivity index (χ1n) is 9.54. The number of thiocarbonyl (C=S) groups is 1. The highest BCUT2D eigenvalue weighted by molar-refractivity contribution is 7.80. The van der Waals surface area contributed by atoms with E-state index in [9.17, 15) is 4.79 Å². The molecule has 0 saturated carbocycles. The molecule has 0 fully saturated rings. The molecule has 2 heterocycles. The second-order valence-electron chi connectivity index (χ2n) is 7.80. The predicted octanol–water partition coefficient (Wildman–Crippen LogP) is 4.12. The summed E-state index contributed by atoms with van der Waals surface area (Å²) in [7, 11) is 0. The molecular weight excluding hydrogens is 384 g/mol. The van der Waals surface area contributed by atoms with E-state index in [4.69, 9.17) is 17.0 Å². The second kappa shape index (κ2) is 9.05. The van der Waals surface area contributed by atoms with E-state index in [0.29, 0.717) is 18.0 Å². The van der Waals surface area contributed by atoms with Crippen LogP contribution in [0.25, 0.3) is 10.9 Å². The molecule has 6 nitrogen and oxygen atoms in total. The molecule has 0 aliphatic carbocycles. The van der Waals surface area contributed by atoms with Crippen LogP contribution in [0.1, 0.15) is 32.0 Å². The number of fused-ring (bicyclic) bond motifs is 1. The average Bonchev–Trinajstić information content (AvgIpc) is 3.08. The van der Waals surface area contributed by atoms with Gasteiger partial charge >= 0.3 is 6.09 Å². The van der Waals surface area contributed by atoms with Crippen LogP contribution in [-0.4, -0.2) is 32.7 Å². The molecule has 0 aliphatic heterocycles. The molecule has 3 N–H and O–H groups in total. The Hall–Kier alpha value is -2.93. The maximum absolute atomic E-state index is 12.4. The van der Waals surface area contributed by atoms with Crippen LogP contribution in [-0.2, 0) is 17.7 Å². The summed E-state index contributed by atoms with van der Waals surface area (Å²) in [5, 5.41) is 7.24. The minimum atomic E-state index is -0.585. The summed E-state index contributed by atoms with van der Waals surface area (Å²) in [5.41, 5.74) is 2.41. The van der Waals surface area contributed by atoms with Gasteiger partial charge in [-0.3, -0.25) is 4.98 Å². The highest BCUT2D eigenvalue weighted by Crippen LogP contribution is 2.19. The maximum atomic E-state index is 12.4. The van der Waals surface area contributed by atoms with Gasteiger partial charge in [0.15, 0.2) is 0 Å². The Morgan fingerprint density at radius 3 is 2.69 bits per heavy atom. The fourth-order valence-electron chi connectivity index (χ4n) is 2.98. The van der Waals surface area contributed by atoms with Crippen LogP contribution in [0.2, 0.25) is 0 Å². The van der Waals surface area contributed by atoms with Gasteiger partial charge in [-0.25, -0.2) is 4.79 Å². The van der Waals surface area contributed by atoms with Crippen molar-refractivity contribution in [2.75, 3.05) is 0 Å². The number of hydrogen-bond acceptors (Lipinski definition) is 4. The zero-order valence-electron chi connectivity index (χ0n) is 16.9. The molecule has 0 aliphatic rings. The van der Waals surface area contributed by atoms with Gasteiger partial charge in [-0.05, 0) is 44.5 Å². The van der Waals surface area contributed by atoms with Crippen molar-refractivity contribution in [2.24, 2.45) is 0 Å². The Labute approximate surface area is 176 Å². The molecule has 1 aromatic carbocycles. The Morgan fingerprint density at radius 1 is 1.21 bits per heavy atom. The van der Waals surface area contributed by atoms with Crippen molar-refractivity contribution in [3.63, 3.8) is 0 Å². The molecule has 29 heavy (non-hydrogen) atoms. The highest BCUT2D eigenvalue weighted by atomic mass is 32.1. The summed E-state index contributed by atoms with van der Waals surface area (Å²) < 4.78 is 5.43. The van der Waals surface area contributed by atoms with Gasteiger partial charge in [0.1, 0.15) is 5.60 Å². The highest BCUT2D eigenvalue weighted by Gasteiger charge is 2.23. The van der Waals surface area contributed by atoms with Crippen LogP contribution < -0.4 is 10.6 Å². The molecule has 1 amide bonds. The summed E-state index contributed by atoms with van der Waals surface area (Å²) in [6.07, 6.45) is 3.74. The zero-order chi connectivity index (χ0) is 20.9. The molecular formula is C22H26N4O2S. The van der Waals surface area contributed by atoms with E-state index in [1.165, 1.54) is 0 Å². The Balaban J connectivity index is 1.75. The van der Waals surface area contributed by atoms with Crippen LogP contribution in [0.3, 0.4) is 0 Å². The van der Waals surface area contributed by atoms with Crippen molar-refractivity contribution in [1.29, 1.82) is 0 Å². The van der Waals surface area contributed by atoms with Gasteiger partial charge < -0.3 is 20.4 Å². The van der Waals surface area contributed by atoms with E-state index < -0.39 is 17.7 Å². The summed E-state index contributed by atoms with van der Waals surface area (Å²) in [4.78, 5) is 20.5. The van der Waals surface area contributed by atoms with Crippen molar-refractivity contribution >= 4 is 34.2 Å². The van der Waals surface area contributed by atoms with E-state index in [0.717, 1.165) is 22.2 Å². The number of alkyl carbamates (subject to hydrolysis) is 1. The van der Waals surface area contributed by atoms with Crippen LogP contribution >= 0.6 is 12.2 Å². The van der Waals surface area contributed by atoms with Crippen LogP contribution in [0.15, 0.2) is 54.9 Å². The molecule has 152 valence electrons. The van der Waals surface area contributed by atoms with Crippen LogP contribution in [0, 0.1) is 0 Å². The number of aromatic nitrogens is 2. The van der Waals surface area contributed by atoms with Crippen molar-refractivity contribution in [3.05, 3.63) is 66.1 Å².